The first-order valence-electron chi connectivity index (χ1n) is 12.7. The molecule has 0 bridgehead atoms. The molecular formula is C29H38N2O7. The highest BCUT2D eigenvalue weighted by Crippen LogP contribution is 2.51. The Hall–Kier alpha value is -3.46. The molecule has 9 heteroatoms. The van der Waals surface area contributed by atoms with Crippen molar-refractivity contribution in [1.29, 1.82) is 0 Å². The van der Waals surface area contributed by atoms with E-state index in [-0.39, 0.29) is 12.0 Å². The zero-order chi connectivity index (χ0) is 27.8. The number of likely N-dealkylation sites (N-methyl/N-ethyl adjacent to an activating group) is 1. The fraction of sp³-hybridized carbons (Fsp3) is 0.517. The summed E-state index contributed by atoms with van der Waals surface area (Å²) in [7, 11) is 7.99. The molecular weight excluding hydrogens is 488 g/mol. The summed E-state index contributed by atoms with van der Waals surface area (Å²) in [5, 5.41) is 0. The molecule has 0 radical (unpaired) electrons. The summed E-state index contributed by atoms with van der Waals surface area (Å²) in [6.45, 7) is 5.95. The zero-order valence-electron chi connectivity index (χ0n) is 23.5. The van der Waals surface area contributed by atoms with Crippen molar-refractivity contribution >= 4 is 12.1 Å². The van der Waals surface area contributed by atoms with E-state index in [1.807, 2.05) is 57.0 Å². The van der Waals surface area contributed by atoms with Gasteiger partial charge in [-0.2, -0.15) is 0 Å². The monoisotopic (exact) mass is 526 g/mol. The average Bonchev–Trinajstić information content (AvgIpc) is 2.89. The van der Waals surface area contributed by atoms with Gasteiger partial charge in [0.15, 0.2) is 11.5 Å². The van der Waals surface area contributed by atoms with Gasteiger partial charge in [0.1, 0.15) is 11.6 Å². The fourth-order valence-electron chi connectivity index (χ4n) is 5.67. The largest absolute Gasteiger partial charge is 0.493 e. The van der Waals surface area contributed by atoms with Crippen LogP contribution in [0.2, 0.25) is 0 Å². The summed E-state index contributed by atoms with van der Waals surface area (Å²) < 4.78 is 28.3. The molecule has 0 spiro atoms. The molecule has 0 aromatic heterocycles. The van der Waals surface area contributed by atoms with Crippen LogP contribution in [0, 0.1) is 0 Å². The molecule has 2 heterocycles. The average molecular weight is 527 g/mol. The lowest BCUT2D eigenvalue weighted by atomic mass is 9.79. The maximum atomic E-state index is 13.7. The number of benzene rings is 2. The van der Waals surface area contributed by atoms with E-state index in [9.17, 15) is 9.59 Å². The summed E-state index contributed by atoms with van der Waals surface area (Å²) in [6.07, 6.45) is 0.545. The number of rotatable bonds is 5. The smallest absolute Gasteiger partial charge is 0.410 e. The molecule has 9 nitrogen and oxygen atoms in total. The number of methoxy groups -OCH3 is 4. The van der Waals surface area contributed by atoms with Gasteiger partial charge >= 0.3 is 12.1 Å². The van der Waals surface area contributed by atoms with E-state index in [2.05, 4.69) is 6.07 Å². The lowest BCUT2D eigenvalue weighted by Gasteiger charge is -2.48. The van der Waals surface area contributed by atoms with Gasteiger partial charge in [0.25, 0.3) is 0 Å². The van der Waals surface area contributed by atoms with Gasteiger partial charge in [0.2, 0.25) is 5.75 Å². The van der Waals surface area contributed by atoms with E-state index < -0.39 is 23.8 Å². The Bertz CT molecular complexity index is 1210. The van der Waals surface area contributed by atoms with Crippen molar-refractivity contribution in [3.63, 3.8) is 0 Å². The number of ether oxygens (including phenoxy) is 5. The molecule has 3 atom stereocenters. The normalized spacial score (nSPS) is 21.2. The van der Waals surface area contributed by atoms with Gasteiger partial charge in [-0.1, -0.05) is 24.3 Å². The van der Waals surface area contributed by atoms with E-state index in [0.717, 1.165) is 22.3 Å². The minimum Gasteiger partial charge on any atom is -0.493 e. The molecule has 38 heavy (non-hydrogen) atoms. The Morgan fingerprint density at radius 1 is 0.895 bits per heavy atom. The van der Waals surface area contributed by atoms with Crippen molar-refractivity contribution in [1.82, 2.24) is 9.80 Å². The second kappa shape index (κ2) is 10.7. The highest BCUT2D eigenvalue weighted by molar-refractivity contribution is 5.78. The fourth-order valence-corrected chi connectivity index (χ4v) is 5.67. The number of carbonyl (C=O) groups excluding carboxylic acids is 2. The van der Waals surface area contributed by atoms with E-state index >= 15 is 0 Å². The molecule has 0 fully saturated rings. The van der Waals surface area contributed by atoms with Gasteiger partial charge in [-0.05, 0) is 63.4 Å². The van der Waals surface area contributed by atoms with Crippen LogP contribution >= 0.6 is 0 Å². The van der Waals surface area contributed by atoms with Crippen LogP contribution in [-0.2, 0) is 33.7 Å². The first-order valence-corrected chi connectivity index (χ1v) is 12.7. The van der Waals surface area contributed by atoms with Crippen molar-refractivity contribution < 1.29 is 33.3 Å². The molecule has 0 N–H and O–H groups in total. The van der Waals surface area contributed by atoms with E-state index in [1.54, 1.807) is 26.2 Å². The van der Waals surface area contributed by atoms with Crippen LogP contribution < -0.4 is 14.2 Å². The standard InChI is InChI=1S/C29H38N2O7/c1-29(2,3)38-28(33)31-16-18-12-10-9-11-17(18)13-20(31)24-23-19(14-21(30(24)4)27(32)37-8)15-22(34-5)25(35-6)26(23)36-7/h9-12,15,20-21,24H,13-14,16H2,1-8H3/t20-,21+,24+/m1/s1. The Labute approximate surface area is 224 Å². The van der Waals surface area contributed by atoms with Gasteiger partial charge in [-0.3, -0.25) is 14.6 Å². The summed E-state index contributed by atoms with van der Waals surface area (Å²) in [5.41, 5.74) is 3.27. The molecule has 0 unspecified atom stereocenters. The summed E-state index contributed by atoms with van der Waals surface area (Å²) in [4.78, 5) is 30.4. The first-order chi connectivity index (χ1) is 18.0. The van der Waals surface area contributed by atoms with Gasteiger partial charge < -0.3 is 23.7 Å². The molecule has 2 aliphatic rings. The van der Waals surface area contributed by atoms with Gasteiger partial charge in [0.05, 0.1) is 40.5 Å². The van der Waals surface area contributed by atoms with Crippen molar-refractivity contribution in [2.24, 2.45) is 0 Å². The van der Waals surface area contributed by atoms with Gasteiger partial charge in [-0.25, -0.2) is 4.79 Å². The van der Waals surface area contributed by atoms with Crippen LogP contribution in [0.15, 0.2) is 30.3 Å². The van der Waals surface area contributed by atoms with Crippen LogP contribution in [0.4, 0.5) is 4.79 Å². The van der Waals surface area contributed by atoms with Crippen LogP contribution in [0.5, 0.6) is 17.2 Å². The quantitative estimate of drug-likeness (QED) is 0.538. The molecule has 0 saturated carbocycles. The number of esters is 1. The minimum absolute atomic E-state index is 0.350. The maximum absolute atomic E-state index is 13.7. The molecule has 2 aromatic rings. The van der Waals surface area contributed by atoms with Gasteiger partial charge in [-0.15, -0.1) is 0 Å². The van der Waals surface area contributed by atoms with E-state index in [4.69, 9.17) is 23.7 Å². The summed E-state index contributed by atoms with van der Waals surface area (Å²) >= 11 is 0. The summed E-state index contributed by atoms with van der Waals surface area (Å²) in [5.74, 6) is 1.14. The number of carbonyl (C=O) groups is 2. The topological polar surface area (TPSA) is 86.8 Å². The highest BCUT2D eigenvalue weighted by atomic mass is 16.6. The second-order valence-electron chi connectivity index (χ2n) is 10.7. The molecule has 2 aliphatic heterocycles. The van der Waals surface area contributed by atoms with Gasteiger partial charge in [0, 0.05) is 12.1 Å². The van der Waals surface area contributed by atoms with Crippen LogP contribution in [-0.4, -0.2) is 75.0 Å². The lowest BCUT2D eigenvalue weighted by Crippen LogP contribution is -2.57. The summed E-state index contributed by atoms with van der Waals surface area (Å²) in [6, 6.07) is 8.61. The first kappa shape index (κ1) is 27.6. The number of fused-ring (bicyclic) bond motifs is 2. The molecule has 4 rings (SSSR count). The van der Waals surface area contributed by atoms with E-state index in [0.29, 0.717) is 36.6 Å². The second-order valence-corrected chi connectivity index (χ2v) is 10.7. The van der Waals surface area contributed by atoms with Crippen LogP contribution in [0.1, 0.15) is 49.1 Å². The molecule has 206 valence electrons. The van der Waals surface area contributed by atoms with Crippen molar-refractivity contribution in [2.45, 2.75) is 63.9 Å². The Morgan fingerprint density at radius 3 is 2.13 bits per heavy atom. The zero-order valence-corrected chi connectivity index (χ0v) is 23.5. The number of nitrogens with zero attached hydrogens (tertiary/aromatic N) is 2. The third-order valence-electron chi connectivity index (χ3n) is 7.35. The third kappa shape index (κ3) is 4.99. The Kier molecular flexibility index (Phi) is 7.78. The number of hydrogen-bond acceptors (Lipinski definition) is 8. The Balaban J connectivity index is 1.94. The maximum Gasteiger partial charge on any atom is 0.410 e. The SMILES string of the molecule is COC(=O)[C@@H]1Cc2cc(OC)c(OC)c(OC)c2[C@H]([C@H]2Cc3ccccc3CN2C(=O)OC(C)(C)C)N1C. The molecule has 1 amide bonds. The van der Waals surface area contributed by atoms with Crippen molar-refractivity contribution in [2.75, 3.05) is 35.5 Å². The van der Waals surface area contributed by atoms with E-state index in [1.165, 1.54) is 7.11 Å². The molecule has 0 aliphatic carbocycles. The number of hydrogen-bond donors (Lipinski definition) is 0. The molecule has 0 saturated heterocycles. The van der Waals surface area contributed by atoms with Crippen LogP contribution in [0.3, 0.4) is 0 Å². The highest BCUT2D eigenvalue weighted by Gasteiger charge is 2.47. The number of amides is 1. The predicted octanol–water partition coefficient (Wildman–Crippen LogP) is 4.15. The molecule has 2 aromatic carbocycles. The van der Waals surface area contributed by atoms with Crippen molar-refractivity contribution in [3.8, 4) is 17.2 Å². The third-order valence-corrected chi connectivity index (χ3v) is 7.35. The predicted molar refractivity (Wildman–Crippen MR) is 142 cm³/mol. The van der Waals surface area contributed by atoms with Crippen molar-refractivity contribution in [3.05, 3.63) is 52.6 Å². The lowest BCUT2D eigenvalue weighted by molar-refractivity contribution is -0.148. The van der Waals surface area contributed by atoms with Crippen LogP contribution in [0.25, 0.3) is 0 Å². The minimum atomic E-state index is -0.669. The Morgan fingerprint density at radius 2 is 1.55 bits per heavy atom.